The second-order valence-corrected chi connectivity index (χ2v) is 21.9. The van der Waals surface area contributed by atoms with Crippen LogP contribution in [0.2, 0.25) is 10.0 Å². The van der Waals surface area contributed by atoms with Crippen molar-refractivity contribution < 1.29 is 45.3 Å². The summed E-state index contributed by atoms with van der Waals surface area (Å²) in [6, 6.07) is 10.1. The molecule has 30 nitrogen and oxygen atoms in total. The second-order valence-electron chi connectivity index (χ2n) is 17.1. The molecule has 8 aromatic heterocycles. The molecule has 2 fully saturated rings. The number of ether oxygens (including phenoxy) is 6. The van der Waals surface area contributed by atoms with Crippen LogP contribution in [0.1, 0.15) is 25.7 Å². The smallest absolute Gasteiger partial charge is 0.245 e. The van der Waals surface area contributed by atoms with Gasteiger partial charge in [-0.05, 0) is 37.8 Å². The first-order chi connectivity index (χ1) is 38.7. The van der Waals surface area contributed by atoms with Gasteiger partial charge >= 0.3 is 0 Å². The Morgan fingerprint density at radius 3 is 1.20 bits per heavy atom. The van der Waals surface area contributed by atoms with E-state index >= 15 is 0 Å². The van der Waals surface area contributed by atoms with E-state index < -0.39 is 30.5 Å². The Morgan fingerprint density at radius 2 is 0.863 bits per heavy atom. The number of nitrogens with one attached hydrogen (secondary N) is 2. The third-order valence-electron chi connectivity index (χ3n) is 12.3. The fourth-order valence-corrected chi connectivity index (χ4v) is 11.6. The highest BCUT2D eigenvalue weighted by Crippen LogP contribution is 2.38. The van der Waals surface area contributed by atoms with Crippen LogP contribution in [0, 0.1) is 0 Å². The van der Waals surface area contributed by atoms with Crippen LogP contribution in [-0.2, 0) is 20.0 Å². The van der Waals surface area contributed by atoms with Crippen molar-refractivity contribution in [2.75, 3.05) is 88.1 Å². The molecule has 420 valence electrons. The lowest BCUT2D eigenvalue weighted by atomic mass is 10.1. The molecule has 0 aliphatic carbocycles. The van der Waals surface area contributed by atoms with E-state index in [2.05, 4.69) is 79.7 Å². The fraction of sp³-hybridized carbons (Fsp3) is 0.348. The number of aromatic nitrogens is 16. The minimum atomic E-state index is -4.00. The number of rotatable bonds is 18. The monoisotopic (exact) mass is 1180 g/mol. The quantitative estimate of drug-likeness (QED) is 0.123. The normalized spacial score (nSPS) is 15.5. The van der Waals surface area contributed by atoms with E-state index in [-0.39, 0.29) is 71.5 Å². The lowest BCUT2D eigenvalue weighted by molar-refractivity contribution is 0.368. The molecule has 0 aromatic carbocycles. The molecule has 8 aromatic rings. The summed E-state index contributed by atoms with van der Waals surface area (Å²) >= 11 is 11.8. The molecule has 0 unspecified atom stereocenters. The van der Waals surface area contributed by atoms with Crippen LogP contribution in [0.15, 0.2) is 73.8 Å². The molecule has 2 atom stereocenters. The maximum atomic E-state index is 13.7. The molecule has 2 saturated heterocycles. The third kappa shape index (κ3) is 12.2. The van der Waals surface area contributed by atoms with E-state index in [4.69, 9.17) is 51.6 Å². The Hall–Kier alpha value is -8.62. The number of anilines is 4. The Bertz CT molecular complexity index is 3400. The van der Waals surface area contributed by atoms with Crippen LogP contribution >= 0.6 is 23.2 Å². The van der Waals surface area contributed by atoms with Gasteiger partial charge < -0.3 is 38.2 Å². The molecule has 80 heavy (non-hydrogen) atoms. The molecule has 0 radical (unpaired) electrons. The first-order valence-electron chi connectivity index (χ1n) is 24.0. The van der Waals surface area contributed by atoms with E-state index in [0.717, 1.165) is 0 Å². The summed E-state index contributed by atoms with van der Waals surface area (Å²) in [5.74, 6) is 1.90. The fourth-order valence-electron chi connectivity index (χ4n) is 8.54. The summed E-state index contributed by atoms with van der Waals surface area (Å²) in [4.78, 5) is 46.0. The molecule has 2 aliphatic heterocycles. The lowest BCUT2D eigenvalue weighted by Gasteiger charge is -2.32. The zero-order valence-electron chi connectivity index (χ0n) is 43.4. The summed E-state index contributed by atoms with van der Waals surface area (Å²) in [5, 5.41) is 16.0. The highest BCUT2D eigenvalue weighted by atomic mass is 35.5. The van der Waals surface area contributed by atoms with Crippen molar-refractivity contribution in [2.45, 2.75) is 36.2 Å². The van der Waals surface area contributed by atoms with Crippen LogP contribution in [-0.4, -0.2) is 176 Å². The van der Waals surface area contributed by atoms with Crippen molar-refractivity contribution >= 4 is 67.0 Å². The molecule has 10 heterocycles. The minimum Gasteiger partial charge on any atom is -0.481 e. The van der Waals surface area contributed by atoms with Gasteiger partial charge in [0.1, 0.15) is 24.0 Å². The standard InChI is InChI=1S/2C23H25ClN10O5S/c2*1-37-17-8-4-7-16(29-17)19-30-31-23(34(19)18-20(38-2)27-13-28-21(18)39-3)32-40(35,36)15-6-5-9-33(12-15)22-25-10-14(24)11-26-22/h2*4,7-8,10-11,13,15H,5-6,9,12H2,1-3H3,(H,31,32)/t2*15-/m10/s1. The number of sulfonamides is 2. The summed E-state index contributed by atoms with van der Waals surface area (Å²) in [5.41, 5.74) is 1.03. The van der Waals surface area contributed by atoms with E-state index in [0.29, 0.717) is 83.9 Å². The number of methoxy groups -OCH3 is 6. The molecule has 2 N–H and O–H groups in total. The minimum absolute atomic E-state index is 0.0972. The number of hydrogen-bond acceptors (Lipinski definition) is 26. The lowest BCUT2D eigenvalue weighted by Crippen LogP contribution is -2.45. The molecular weight excluding hydrogens is 1130 g/mol. The molecule has 2 aliphatic rings. The first-order valence-corrected chi connectivity index (χ1v) is 27.8. The molecular formula is C46H50Cl2N20O10S2. The molecule has 10 rings (SSSR count). The Labute approximate surface area is 467 Å². The van der Waals surface area contributed by atoms with Crippen molar-refractivity contribution in [1.82, 2.24) is 79.4 Å². The van der Waals surface area contributed by atoms with Crippen molar-refractivity contribution in [3.63, 3.8) is 0 Å². The molecule has 0 spiro atoms. The second kappa shape index (κ2) is 24.6. The Kier molecular flexibility index (Phi) is 17.2. The van der Waals surface area contributed by atoms with Crippen LogP contribution in [0.25, 0.3) is 34.4 Å². The molecule has 0 saturated carbocycles. The topological polar surface area (TPSA) is 345 Å². The van der Waals surface area contributed by atoms with Crippen LogP contribution in [0.3, 0.4) is 0 Å². The van der Waals surface area contributed by atoms with Gasteiger partial charge in [-0.1, -0.05) is 35.3 Å². The number of halogens is 2. The largest absolute Gasteiger partial charge is 0.481 e. The van der Waals surface area contributed by atoms with Gasteiger partial charge in [0.15, 0.2) is 23.0 Å². The van der Waals surface area contributed by atoms with Gasteiger partial charge in [-0.2, -0.15) is 19.9 Å². The van der Waals surface area contributed by atoms with Gasteiger partial charge in [0, 0.05) is 38.3 Å². The molecule has 0 amide bonds. The van der Waals surface area contributed by atoms with Crippen LogP contribution in [0.5, 0.6) is 35.3 Å². The van der Waals surface area contributed by atoms with Gasteiger partial charge in [-0.25, -0.2) is 55.9 Å². The van der Waals surface area contributed by atoms with E-state index in [1.54, 1.807) is 46.2 Å². The average Bonchev–Trinajstić information content (AvgIpc) is 4.12. The summed E-state index contributed by atoms with van der Waals surface area (Å²) in [6.45, 7) is 1.53. The van der Waals surface area contributed by atoms with Crippen molar-refractivity contribution in [3.05, 3.63) is 83.9 Å². The maximum Gasteiger partial charge on any atom is 0.245 e. The molecule has 34 heteroatoms. The maximum absolute atomic E-state index is 13.7. The summed E-state index contributed by atoms with van der Waals surface area (Å²) < 4.78 is 95.2. The third-order valence-corrected chi connectivity index (χ3v) is 16.1. The molecule has 0 bridgehead atoms. The Morgan fingerprint density at radius 1 is 0.500 bits per heavy atom. The summed E-state index contributed by atoms with van der Waals surface area (Å²) in [7, 11) is 0.623. The van der Waals surface area contributed by atoms with E-state index in [1.807, 2.05) is 0 Å². The number of piperidine rings is 2. The van der Waals surface area contributed by atoms with Gasteiger partial charge in [0.05, 0.1) is 88.0 Å². The zero-order valence-corrected chi connectivity index (χ0v) is 46.6. The van der Waals surface area contributed by atoms with Crippen LogP contribution < -0.4 is 47.7 Å². The van der Waals surface area contributed by atoms with Gasteiger partial charge in [0.2, 0.25) is 79.1 Å². The SMILES string of the molecule is COc1cccc(-c2nnc(NS(=O)(=O)[C@@H]3CCCN(c4ncc(Cl)cn4)C3)n2-c2c(OC)ncnc2OC)n1.COc1cccc(-c2nnc(NS(=O)(=O)[C@H]3CCCN(c4ncc(Cl)cn4)C3)n2-c2c(OC)ncnc2OC)n1. The number of hydrogen-bond donors (Lipinski definition) is 2. The number of nitrogens with zero attached hydrogens (tertiary/aromatic N) is 18. The predicted octanol–water partition coefficient (Wildman–Crippen LogP) is 4.00. The van der Waals surface area contributed by atoms with Gasteiger partial charge in [0.25, 0.3) is 0 Å². The predicted molar refractivity (Wildman–Crippen MR) is 289 cm³/mol. The Balaban J connectivity index is 0.000000194. The van der Waals surface area contributed by atoms with Crippen molar-refractivity contribution in [1.29, 1.82) is 0 Å². The van der Waals surface area contributed by atoms with Gasteiger partial charge in [-0.3, -0.25) is 9.44 Å². The highest BCUT2D eigenvalue weighted by molar-refractivity contribution is 7.93. The van der Waals surface area contributed by atoms with E-state index in [9.17, 15) is 16.8 Å². The highest BCUT2D eigenvalue weighted by Gasteiger charge is 2.37. The number of pyridine rings is 2. The average molecular weight is 1180 g/mol. The van der Waals surface area contributed by atoms with Gasteiger partial charge in [-0.15, -0.1) is 20.4 Å². The van der Waals surface area contributed by atoms with Crippen molar-refractivity contribution in [3.8, 4) is 69.7 Å². The first kappa shape index (κ1) is 56.1. The zero-order chi connectivity index (χ0) is 56.6. The summed E-state index contributed by atoms with van der Waals surface area (Å²) in [6.07, 6.45) is 10.5. The van der Waals surface area contributed by atoms with E-state index in [1.165, 1.54) is 89.2 Å². The van der Waals surface area contributed by atoms with Crippen molar-refractivity contribution in [2.24, 2.45) is 0 Å². The van der Waals surface area contributed by atoms with Crippen LogP contribution in [0.4, 0.5) is 23.8 Å².